The Balaban J connectivity index is 0.000000214. The van der Waals surface area contributed by atoms with Gasteiger partial charge >= 0.3 is 5.97 Å². The molecule has 1 aromatic heterocycles. The highest BCUT2D eigenvalue weighted by Gasteiger charge is 2.04. The van der Waals surface area contributed by atoms with Crippen molar-refractivity contribution in [2.45, 2.75) is 27.7 Å². The third kappa shape index (κ3) is 12.8. The molecule has 0 atom stereocenters. The van der Waals surface area contributed by atoms with E-state index in [-0.39, 0.29) is 0 Å². The van der Waals surface area contributed by atoms with Crippen molar-refractivity contribution < 1.29 is 14.7 Å². The van der Waals surface area contributed by atoms with E-state index in [2.05, 4.69) is 93.8 Å². The number of nitrogens with zero attached hydrogens (tertiary/aromatic N) is 1. The lowest BCUT2D eigenvalue weighted by Crippen LogP contribution is -2.10. The van der Waals surface area contributed by atoms with Gasteiger partial charge in [-0.1, -0.05) is 112 Å². The SMILES string of the molecule is Cc1ccc(-c2nccs2)cc1Br.Cc1ccc(C(=O)O)cc1Br.Cc1ccc(C(N)=O)cc1Br.Cc1ccc(C(N)=S)cc1Br. The Kier molecular flexibility index (Phi) is 16.4. The van der Waals surface area contributed by atoms with E-state index in [9.17, 15) is 9.59 Å². The first kappa shape index (κ1) is 39.4. The fourth-order valence-electron chi connectivity index (χ4n) is 3.31. The van der Waals surface area contributed by atoms with Crippen LogP contribution in [0.2, 0.25) is 0 Å². The molecule has 0 aliphatic heterocycles. The van der Waals surface area contributed by atoms with Crippen LogP contribution in [0.25, 0.3) is 10.6 Å². The van der Waals surface area contributed by atoms with E-state index in [4.69, 9.17) is 28.8 Å². The standard InChI is InChI=1S/C10H8BrNS.C8H8BrNO.C8H8BrNS.C8H7BrO2/c1-7-2-3-8(6-9(7)11)10-12-4-5-13-10;3*1-5-2-3-6(8(10)11)4-7(5)9/h2-6H,1H3;2*2-4H,1H3,(H2,10,11);2-4H,1H3,(H,10,11). The molecular weight excluding hydrogens is 882 g/mol. The first-order valence-electron chi connectivity index (χ1n) is 13.4. The van der Waals surface area contributed by atoms with Crippen molar-refractivity contribution in [3.05, 3.63) is 141 Å². The summed E-state index contributed by atoms with van der Waals surface area (Å²) in [6.07, 6.45) is 1.83. The molecule has 0 saturated carbocycles. The molecule has 4 aromatic carbocycles. The smallest absolute Gasteiger partial charge is 0.335 e. The minimum absolute atomic E-state index is 0.308. The van der Waals surface area contributed by atoms with E-state index in [0.717, 1.165) is 39.6 Å². The number of hydrogen-bond acceptors (Lipinski definition) is 5. The zero-order valence-electron chi connectivity index (χ0n) is 25.3. The number of thiocarbonyl (C=S) groups is 1. The second-order valence-electron chi connectivity index (χ2n) is 9.73. The van der Waals surface area contributed by atoms with Crippen molar-refractivity contribution in [3.8, 4) is 10.6 Å². The van der Waals surface area contributed by atoms with Crippen LogP contribution in [0.3, 0.4) is 0 Å². The van der Waals surface area contributed by atoms with Crippen molar-refractivity contribution in [2.24, 2.45) is 11.5 Å². The van der Waals surface area contributed by atoms with Crippen molar-refractivity contribution in [3.63, 3.8) is 0 Å². The lowest BCUT2D eigenvalue weighted by Gasteiger charge is -2.00. The average molecular weight is 913 g/mol. The number of aromatic carboxylic acids is 1. The van der Waals surface area contributed by atoms with Gasteiger partial charge in [-0.2, -0.15) is 0 Å². The van der Waals surface area contributed by atoms with E-state index in [1.807, 2.05) is 56.6 Å². The molecule has 46 heavy (non-hydrogen) atoms. The minimum atomic E-state index is -0.897. The maximum Gasteiger partial charge on any atom is 0.335 e. The lowest BCUT2D eigenvalue weighted by molar-refractivity contribution is 0.0696. The maximum absolute atomic E-state index is 10.7. The molecule has 0 spiro atoms. The van der Waals surface area contributed by atoms with Crippen molar-refractivity contribution in [1.82, 2.24) is 4.98 Å². The molecule has 240 valence electrons. The van der Waals surface area contributed by atoms with Crippen molar-refractivity contribution in [2.75, 3.05) is 0 Å². The Hall–Kier alpha value is -2.74. The first-order chi connectivity index (χ1) is 21.6. The zero-order chi connectivity index (χ0) is 34.6. The topological polar surface area (TPSA) is 119 Å². The van der Waals surface area contributed by atoms with Gasteiger partial charge in [0, 0.05) is 46.2 Å². The van der Waals surface area contributed by atoms with Gasteiger partial charge in [-0.05, 0) is 86.3 Å². The third-order valence-corrected chi connectivity index (χ3v) is 10.7. The molecule has 6 nitrogen and oxygen atoms in total. The number of halogens is 4. The molecule has 0 radical (unpaired) electrons. The van der Waals surface area contributed by atoms with Crippen molar-refractivity contribution in [1.29, 1.82) is 0 Å². The second kappa shape index (κ2) is 19.2. The fourth-order valence-corrected chi connectivity index (χ4v) is 5.59. The van der Waals surface area contributed by atoms with Gasteiger partial charge in [0.2, 0.25) is 5.91 Å². The lowest BCUT2D eigenvalue weighted by atomic mass is 10.1. The van der Waals surface area contributed by atoms with E-state index >= 15 is 0 Å². The normalized spacial score (nSPS) is 9.83. The first-order valence-corrected chi connectivity index (χ1v) is 17.8. The number of benzene rings is 4. The molecule has 0 aliphatic carbocycles. The molecule has 0 aliphatic rings. The number of carbonyl (C=O) groups excluding carboxylic acids is 1. The summed E-state index contributed by atoms with van der Waals surface area (Å²) in [4.78, 5) is 25.8. The summed E-state index contributed by atoms with van der Waals surface area (Å²) < 4.78 is 3.93. The summed E-state index contributed by atoms with van der Waals surface area (Å²) >= 11 is 19.9. The Morgan fingerprint density at radius 1 is 0.674 bits per heavy atom. The van der Waals surface area contributed by atoms with Crippen LogP contribution in [0.4, 0.5) is 0 Å². The predicted molar refractivity (Wildman–Crippen MR) is 208 cm³/mol. The number of amides is 1. The third-order valence-electron chi connectivity index (χ3n) is 6.18. The Morgan fingerprint density at radius 2 is 1.09 bits per heavy atom. The summed E-state index contributed by atoms with van der Waals surface area (Å²) in [5.41, 5.74) is 18.0. The number of nitrogens with two attached hydrogens (primary N) is 2. The summed E-state index contributed by atoms with van der Waals surface area (Å²) in [6, 6.07) is 22.4. The molecule has 5 N–H and O–H groups in total. The molecule has 12 heteroatoms. The van der Waals surface area contributed by atoms with E-state index < -0.39 is 11.9 Å². The van der Waals surface area contributed by atoms with Crippen LogP contribution in [0.1, 0.15) is 48.5 Å². The van der Waals surface area contributed by atoms with Gasteiger partial charge in [0.15, 0.2) is 0 Å². The Morgan fingerprint density at radius 3 is 1.48 bits per heavy atom. The Bertz CT molecular complexity index is 1680. The fraction of sp³-hybridized carbons (Fsp3) is 0.118. The van der Waals surface area contributed by atoms with E-state index in [1.165, 1.54) is 16.7 Å². The molecule has 0 bridgehead atoms. The summed E-state index contributed by atoms with van der Waals surface area (Å²) in [6.45, 7) is 7.97. The molecule has 0 saturated heterocycles. The number of carbonyl (C=O) groups is 2. The predicted octanol–water partition coefficient (Wildman–Crippen LogP) is 10.6. The van der Waals surface area contributed by atoms with Gasteiger partial charge in [-0.15, -0.1) is 11.3 Å². The van der Waals surface area contributed by atoms with Crippen LogP contribution < -0.4 is 11.5 Å². The van der Waals surface area contributed by atoms with E-state index in [1.54, 1.807) is 41.7 Å². The number of aryl methyl sites for hydroxylation is 4. The van der Waals surface area contributed by atoms with Gasteiger partial charge < -0.3 is 16.6 Å². The molecular formula is C34H31Br4N3O3S2. The molecule has 5 rings (SSSR count). The summed E-state index contributed by atoms with van der Waals surface area (Å²) in [7, 11) is 0. The molecule has 5 aromatic rings. The number of primary amides is 1. The Labute approximate surface area is 312 Å². The highest BCUT2D eigenvalue weighted by molar-refractivity contribution is 9.11. The molecule has 1 amide bonds. The van der Waals surface area contributed by atoms with Crippen LogP contribution in [0, 0.1) is 27.7 Å². The molecule has 1 heterocycles. The molecule has 0 fully saturated rings. The highest BCUT2D eigenvalue weighted by atomic mass is 79.9. The van der Waals surface area contributed by atoms with Crippen LogP contribution in [-0.2, 0) is 0 Å². The van der Waals surface area contributed by atoms with Gasteiger partial charge in [-0.25, -0.2) is 9.78 Å². The monoisotopic (exact) mass is 909 g/mol. The summed E-state index contributed by atoms with van der Waals surface area (Å²) in [5.74, 6) is -1.30. The zero-order valence-corrected chi connectivity index (χ0v) is 33.3. The average Bonchev–Trinajstić information content (AvgIpc) is 3.55. The number of carboxylic acid groups (broad SMARTS) is 1. The maximum atomic E-state index is 10.7. The minimum Gasteiger partial charge on any atom is -0.478 e. The van der Waals surface area contributed by atoms with Gasteiger partial charge in [0.05, 0.1) is 5.56 Å². The largest absolute Gasteiger partial charge is 0.478 e. The highest BCUT2D eigenvalue weighted by Crippen LogP contribution is 2.26. The van der Waals surface area contributed by atoms with Gasteiger partial charge in [0.25, 0.3) is 0 Å². The number of aromatic nitrogens is 1. The summed E-state index contributed by atoms with van der Waals surface area (Å²) in [5, 5.41) is 11.6. The second-order valence-corrected chi connectivity index (χ2v) is 14.5. The van der Waals surface area contributed by atoms with Gasteiger partial charge in [0.1, 0.15) is 10.00 Å². The number of rotatable bonds is 4. The number of carboxylic acids is 1. The molecule has 0 unspecified atom stereocenters. The van der Waals surface area contributed by atoms with Crippen LogP contribution in [-0.4, -0.2) is 27.0 Å². The number of hydrogen-bond donors (Lipinski definition) is 3. The van der Waals surface area contributed by atoms with Gasteiger partial charge in [-0.3, -0.25) is 4.79 Å². The van der Waals surface area contributed by atoms with E-state index in [0.29, 0.717) is 16.1 Å². The number of thiazole rings is 1. The van der Waals surface area contributed by atoms with Crippen LogP contribution >= 0.6 is 87.3 Å². The quantitative estimate of drug-likeness (QED) is 0.155. The van der Waals surface area contributed by atoms with Crippen molar-refractivity contribution >= 4 is 104 Å². The van der Waals surface area contributed by atoms with Crippen LogP contribution in [0.15, 0.2) is 102 Å². The van der Waals surface area contributed by atoms with Crippen LogP contribution in [0.5, 0.6) is 0 Å².